The van der Waals surface area contributed by atoms with Gasteiger partial charge in [0.1, 0.15) is 6.04 Å². The van der Waals surface area contributed by atoms with Crippen LogP contribution in [0.1, 0.15) is 32.6 Å². The van der Waals surface area contributed by atoms with E-state index in [1.165, 1.54) is 0 Å². The standard InChI is InChI=1S/C11H21N3O2/c1-8(7-12)4-5-10(15)14-9-3-2-6-13-11(9)16/h8-9H,2-7,12H2,1H3,(H,13,16)(H,14,15). The smallest absolute Gasteiger partial charge is 0.242 e. The third-order valence-corrected chi connectivity index (χ3v) is 2.89. The van der Waals surface area contributed by atoms with Crippen molar-refractivity contribution in [2.45, 2.75) is 38.6 Å². The van der Waals surface area contributed by atoms with E-state index in [2.05, 4.69) is 10.6 Å². The molecule has 2 atom stereocenters. The van der Waals surface area contributed by atoms with Crippen LogP contribution in [-0.4, -0.2) is 30.9 Å². The highest BCUT2D eigenvalue weighted by Gasteiger charge is 2.23. The number of carbonyl (C=O) groups is 2. The Morgan fingerprint density at radius 3 is 3.06 bits per heavy atom. The van der Waals surface area contributed by atoms with E-state index in [4.69, 9.17) is 5.73 Å². The van der Waals surface area contributed by atoms with Crippen molar-refractivity contribution < 1.29 is 9.59 Å². The van der Waals surface area contributed by atoms with Crippen LogP contribution in [0.25, 0.3) is 0 Å². The molecule has 2 unspecified atom stereocenters. The molecule has 0 aromatic heterocycles. The third kappa shape index (κ3) is 4.18. The van der Waals surface area contributed by atoms with Gasteiger partial charge in [0.2, 0.25) is 11.8 Å². The summed E-state index contributed by atoms with van der Waals surface area (Å²) in [5.74, 6) is 0.236. The quantitative estimate of drug-likeness (QED) is 0.606. The van der Waals surface area contributed by atoms with E-state index < -0.39 is 0 Å². The van der Waals surface area contributed by atoms with Crippen molar-refractivity contribution >= 4 is 11.8 Å². The third-order valence-electron chi connectivity index (χ3n) is 2.89. The van der Waals surface area contributed by atoms with Crippen LogP contribution < -0.4 is 16.4 Å². The van der Waals surface area contributed by atoms with Crippen LogP contribution in [0.15, 0.2) is 0 Å². The zero-order valence-electron chi connectivity index (χ0n) is 9.79. The fourth-order valence-corrected chi connectivity index (χ4v) is 1.67. The molecule has 0 radical (unpaired) electrons. The Kier molecular flexibility index (Phi) is 5.25. The molecule has 16 heavy (non-hydrogen) atoms. The summed E-state index contributed by atoms with van der Waals surface area (Å²) < 4.78 is 0. The summed E-state index contributed by atoms with van der Waals surface area (Å²) in [6.45, 7) is 3.33. The lowest BCUT2D eigenvalue weighted by Gasteiger charge is -2.22. The van der Waals surface area contributed by atoms with Crippen molar-refractivity contribution in [3.8, 4) is 0 Å². The van der Waals surface area contributed by atoms with Gasteiger partial charge in [-0.05, 0) is 31.7 Å². The van der Waals surface area contributed by atoms with Crippen LogP contribution in [-0.2, 0) is 9.59 Å². The van der Waals surface area contributed by atoms with E-state index in [0.717, 1.165) is 25.8 Å². The van der Waals surface area contributed by atoms with Crippen molar-refractivity contribution in [1.82, 2.24) is 10.6 Å². The first-order chi connectivity index (χ1) is 7.63. The van der Waals surface area contributed by atoms with Crippen LogP contribution >= 0.6 is 0 Å². The molecule has 5 heteroatoms. The highest BCUT2D eigenvalue weighted by Crippen LogP contribution is 2.06. The number of rotatable bonds is 5. The molecule has 92 valence electrons. The highest BCUT2D eigenvalue weighted by molar-refractivity contribution is 5.87. The van der Waals surface area contributed by atoms with Crippen LogP contribution in [0, 0.1) is 5.92 Å². The van der Waals surface area contributed by atoms with Crippen molar-refractivity contribution in [1.29, 1.82) is 0 Å². The van der Waals surface area contributed by atoms with Crippen molar-refractivity contribution in [3.05, 3.63) is 0 Å². The maximum atomic E-state index is 11.5. The van der Waals surface area contributed by atoms with E-state index in [0.29, 0.717) is 18.9 Å². The molecule has 0 saturated carbocycles. The maximum Gasteiger partial charge on any atom is 0.242 e. The predicted octanol–water partition coefficient (Wildman–Crippen LogP) is -0.244. The molecule has 1 aliphatic rings. The first-order valence-corrected chi connectivity index (χ1v) is 5.90. The summed E-state index contributed by atoms with van der Waals surface area (Å²) in [4.78, 5) is 22.9. The fraction of sp³-hybridized carbons (Fsp3) is 0.818. The van der Waals surface area contributed by atoms with Crippen LogP contribution in [0.4, 0.5) is 0 Å². The molecule has 0 aromatic rings. The monoisotopic (exact) mass is 227 g/mol. The van der Waals surface area contributed by atoms with Gasteiger partial charge in [0, 0.05) is 13.0 Å². The summed E-state index contributed by atoms with van der Waals surface area (Å²) >= 11 is 0. The van der Waals surface area contributed by atoms with Crippen LogP contribution in [0.2, 0.25) is 0 Å². The van der Waals surface area contributed by atoms with Gasteiger partial charge in [0.15, 0.2) is 0 Å². The Balaban J connectivity index is 2.25. The predicted molar refractivity (Wildman–Crippen MR) is 61.6 cm³/mol. The van der Waals surface area contributed by atoms with Crippen molar-refractivity contribution in [3.63, 3.8) is 0 Å². The summed E-state index contributed by atoms with van der Waals surface area (Å²) in [6.07, 6.45) is 2.89. The zero-order chi connectivity index (χ0) is 12.0. The number of hydrogen-bond acceptors (Lipinski definition) is 3. The van der Waals surface area contributed by atoms with Gasteiger partial charge in [-0.2, -0.15) is 0 Å². The number of nitrogens with two attached hydrogens (primary N) is 1. The average Bonchev–Trinajstić information content (AvgIpc) is 2.29. The number of hydrogen-bond donors (Lipinski definition) is 3. The molecule has 1 rings (SSSR count). The Morgan fingerprint density at radius 2 is 2.44 bits per heavy atom. The zero-order valence-corrected chi connectivity index (χ0v) is 9.79. The lowest BCUT2D eigenvalue weighted by Crippen LogP contribution is -2.50. The normalized spacial score (nSPS) is 22.4. The second-order valence-corrected chi connectivity index (χ2v) is 4.43. The molecular formula is C11H21N3O2. The highest BCUT2D eigenvalue weighted by atomic mass is 16.2. The second kappa shape index (κ2) is 6.48. The minimum Gasteiger partial charge on any atom is -0.354 e. The van der Waals surface area contributed by atoms with Gasteiger partial charge in [-0.15, -0.1) is 0 Å². The molecule has 2 amide bonds. The molecule has 1 aliphatic heterocycles. The minimum atomic E-state index is -0.338. The molecular weight excluding hydrogens is 206 g/mol. The van der Waals surface area contributed by atoms with E-state index in [1.54, 1.807) is 0 Å². The van der Waals surface area contributed by atoms with E-state index in [-0.39, 0.29) is 17.9 Å². The number of amides is 2. The summed E-state index contributed by atoms with van der Waals surface area (Å²) in [6, 6.07) is -0.338. The Morgan fingerprint density at radius 1 is 1.69 bits per heavy atom. The molecule has 1 fully saturated rings. The van der Waals surface area contributed by atoms with Crippen LogP contribution in [0.3, 0.4) is 0 Å². The number of nitrogens with one attached hydrogen (secondary N) is 2. The van der Waals surface area contributed by atoms with Gasteiger partial charge in [-0.1, -0.05) is 6.92 Å². The van der Waals surface area contributed by atoms with Gasteiger partial charge in [0.05, 0.1) is 0 Å². The first kappa shape index (κ1) is 13.0. The minimum absolute atomic E-state index is 0.0534. The lowest BCUT2D eigenvalue weighted by atomic mass is 10.0. The molecule has 1 heterocycles. The number of piperidine rings is 1. The molecule has 5 nitrogen and oxygen atoms in total. The first-order valence-electron chi connectivity index (χ1n) is 5.90. The van der Waals surface area contributed by atoms with Crippen LogP contribution in [0.5, 0.6) is 0 Å². The van der Waals surface area contributed by atoms with Gasteiger partial charge in [-0.25, -0.2) is 0 Å². The number of carbonyl (C=O) groups excluding carboxylic acids is 2. The molecule has 0 bridgehead atoms. The largest absolute Gasteiger partial charge is 0.354 e. The fourth-order valence-electron chi connectivity index (χ4n) is 1.67. The average molecular weight is 227 g/mol. The lowest BCUT2D eigenvalue weighted by molar-refractivity contribution is -0.130. The van der Waals surface area contributed by atoms with Gasteiger partial charge in [0.25, 0.3) is 0 Å². The summed E-state index contributed by atoms with van der Waals surface area (Å²) in [7, 11) is 0. The molecule has 0 spiro atoms. The molecule has 1 saturated heterocycles. The van der Waals surface area contributed by atoms with Gasteiger partial charge < -0.3 is 16.4 Å². The maximum absolute atomic E-state index is 11.5. The Bertz CT molecular complexity index is 256. The second-order valence-electron chi connectivity index (χ2n) is 4.43. The molecule has 0 aromatic carbocycles. The summed E-state index contributed by atoms with van der Waals surface area (Å²) in [5.41, 5.74) is 5.47. The molecule has 4 N–H and O–H groups in total. The van der Waals surface area contributed by atoms with Crippen molar-refractivity contribution in [2.24, 2.45) is 11.7 Å². The molecule has 0 aliphatic carbocycles. The summed E-state index contributed by atoms with van der Waals surface area (Å²) in [5, 5.41) is 5.50. The SMILES string of the molecule is CC(CN)CCC(=O)NC1CCCNC1=O. The topological polar surface area (TPSA) is 84.2 Å². The van der Waals surface area contributed by atoms with Gasteiger partial charge >= 0.3 is 0 Å². The van der Waals surface area contributed by atoms with E-state index in [9.17, 15) is 9.59 Å². The van der Waals surface area contributed by atoms with E-state index in [1.807, 2.05) is 6.92 Å². The Hall–Kier alpha value is -1.10. The Labute approximate surface area is 96.1 Å². The van der Waals surface area contributed by atoms with Gasteiger partial charge in [-0.3, -0.25) is 9.59 Å². The van der Waals surface area contributed by atoms with Crippen molar-refractivity contribution in [2.75, 3.05) is 13.1 Å². The van der Waals surface area contributed by atoms with E-state index >= 15 is 0 Å².